The number of rotatable bonds is 3. The van der Waals surface area contributed by atoms with Crippen LogP contribution in [-0.2, 0) is 9.53 Å². The third kappa shape index (κ3) is 29.8. The highest BCUT2D eigenvalue weighted by molar-refractivity contribution is 5.68. The summed E-state index contributed by atoms with van der Waals surface area (Å²) < 4.78 is 4.36. The summed E-state index contributed by atoms with van der Waals surface area (Å²) in [6, 6.07) is 0. The fourth-order valence-corrected chi connectivity index (χ4v) is 0.0680. The van der Waals surface area contributed by atoms with Crippen LogP contribution in [0.4, 0.5) is 0 Å². The minimum Gasteiger partial charge on any atom is -0.480 e. The molecule has 3 N–H and O–H groups in total. The monoisotopic (exact) mass is 145 g/mol. The van der Waals surface area contributed by atoms with E-state index < -0.39 is 5.97 Å². The molecule has 0 aromatic rings. The fraction of sp³-hybridized carbons (Fsp3) is 0.167. The predicted octanol–water partition coefficient (Wildman–Crippen LogP) is 0.320. The summed E-state index contributed by atoms with van der Waals surface area (Å²) in [4.78, 5) is 9.24. The van der Waals surface area contributed by atoms with Crippen molar-refractivity contribution in [3.8, 4) is 0 Å². The summed E-state index contributed by atoms with van der Waals surface area (Å²) in [7, 11) is 0. The molecule has 0 heterocycles. The summed E-state index contributed by atoms with van der Waals surface area (Å²) in [6.45, 7) is 6.24. The molecule has 0 rings (SSSR count). The van der Waals surface area contributed by atoms with Crippen LogP contribution in [0.5, 0.6) is 0 Å². The SMILES string of the molecule is C=COC=C.NCC(=O)O. The maximum absolute atomic E-state index is 9.24. The van der Waals surface area contributed by atoms with Crippen LogP contribution < -0.4 is 5.73 Å². The van der Waals surface area contributed by atoms with Crippen molar-refractivity contribution in [1.82, 2.24) is 0 Å². The van der Waals surface area contributed by atoms with E-state index in [2.05, 4.69) is 23.6 Å². The average Bonchev–Trinajstić information content (AvgIpc) is 1.91. The number of carbonyl (C=O) groups is 1. The second-order valence-corrected chi connectivity index (χ2v) is 1.07. The van der Waals surface area contributed by atoms with E-state index in [9.17, 15) is 4.79 Å². The molecule has 0 unspecified atom stereocenters. The van der Waals surface area contributed by atoms with Crippen molar-refractivity contribution >= 4 is 5.97 Å². The summed E-state index contributed by atoms with van der Waals surface area (Å²) >= 11 is 0. The molecule has 4 nitrogen and oxygen atoms in total. The highest BCUT2D eigenvalue weighted by atomic mass is 16.5. The van der Waals surface area contributed by atoms with Crippen molar-refractivity contribution in [2.24, 2.45) is 5.73 Å². The first kappa shape index (κ1) is 11.5. The number of ether oxygens (including phenoxy) is 1. The predicted molar refractivity (Wildman–Crippen MR) is 38.2 cm³/mol. The van der Waals surface area contributed by atoms with Crippen LogP contribution in [0.2, 0.25) is 0 Å². The third-order valence-corrected chi connectivity index (χ3v) is 0.367. The molecule has 4 heteroatoms. The molecule has 0 saturated carbocycles. The van der Waals surface area contributed by atoms with Crippen LogP contribution in [0.1, 0.15) is 0 Å². The normalized spacial score (nSPS) is 6.50. The zero-order valence-corrected chi connectivity index (χ0v) is 5.62. The Morgan fingerprint density at radius 2 is 1.90 bits per heavy atom. The average molecular weight is 145 g/mol. The standard InChI is InChI=1S/C4H6O.C2H5NO2/c1-3-5-4-2;3-1-2(4)5/h3-4H,1-2H2;1,3H2,(H,4,5). The van der Waals surface area contributed by atoms with Gasteiger partial charge in [-0.2, -0.15) is 0 Å². The number of hydrogen-bond donors (Lipinski definition) is 2. The van der Waals surface area contributed by atoms with Crippen LogP contribution in [0, 0.1) is 0 Å². The van der Waals surface area contributed by atoms with Gasteiger partial charge in [0, 0.05) is 0 Å². The molecule has 0 aliphatic carbocycles. The Bertz CT molecular complexity index is 106. The van der Waals surface area contributed by atoms with Crippen LogP contribution >= 0.6 is 0 Å². The second-order valence-electron chi connectivity index (χ2n) is 1.07. The summed E-state index contributed by atoms with van der Waals surface area (Å²) in [5, 5.41) is 7.60. The van der Waals surface area contributed by atoms with Crippen molar-refractivity contribution in [3.63, 3.8) is 0 Å². The van der Waals surface area contributed by atoms with Gasteiger partial charge >= 0.3 is 5.97 Å². The lowest BCUT2D eigenvalue weighted by molar-refractivity contribution is -0.135. The van der Waals surface area contributed by atoms with Crippen molar-refractivity contribution in [2.75, 3.05) is 6.54 Å². The number of carboxylic acid groups (broad SMARTS) is 1. The molecule has 0 spiro atoms. The number of carboxylic acids is 1. The molecule has 0 aromatic carbocycles. The van der Waals surface area contributed by atoms with E-state index in [0.29, 0.717) is 0 Å². The summed E-state index contributed by atoms with van der Waals surface area (Å²) in [6.07, 6.45) is 2.62. The minimum atomic E-state index is -0.968. The van der Waals surface area contributed by atoms with Gasteiger partial charge in [-0.05, 0) is 0 Å². The van der Waals surface area contributed by atoms with Crippen LogP contribution in [0.25, 0.3) is 0 Å². The first-order valence-electron chi connectivity index (χ1n) is 2.48. The zero-order valence-electron chi connectivity index (χ0n) is 5.62. The fourth-order valence-electron chi connectivity index (χ4n) is 0.0680. The van der Waals surface area contributed by atoms with Gasteiger partial charge in [0.05, 0.1) is 19.1 Å². The van der Waals surface area contributed by atoms with E-state index in [0.717, 1.165) is 0 Å². The van der Waals surface area contributed by atoms with Crippen molar-refractivity contribution < 1.29 is 14.6 Å². The number of nitrogens with two attached hydrogens (primary N) is 1. The van der Waals surface area contributed by atoms with Crippen molar-refractivity contribution in [2.45, 2.75) is 0 Å². The summed E-state index contributed by atoms with van der Waals surface area (Å²) in [5.74, 6) is -0.968. The van der Waals surface area contributed by atoms with Gasteiger partial charge in [-0.3, -0.25) is 4.79 Å². The number of hydrogen-bond acceptors (Lipinski definition) is 3. The Morgan fingerprint density at radius 1 is 1.60 bits per heavy atom. The highest BCUT2D eigenvalue weighted by Gasteiger charge is 1.81. The van der Waals surface area contributed by atoms with Gasteiger partial charge in [-0.15, -0.1) is 0 Å². The van der Waals surface area contributed by atoms with Gasteiger partial charge in [-0.25, -0.2) is 0 Å². The van der Waals surface area contributed by atoms with Crippen molar-refractivity contribution in [3.05, 3.63) is 25.7 Å². The Hall–Kier alpha value is -1.29. The molecule has 0 radical (unpaired) electrons. The molecule has 0 fully saturated rings. The van der Waals surface area contributed by atoms with Gasteiger partial charge in [0.25, 0.3) is 0 Å². The van der Waals surface area contributed by atoms with Gasteiger partial charge < -0.3 is 15.6 Å². The van der Waals surface area contributed by atoms with E-state index in [1.54, 1.807) is 0 Å². The smallest absolute Gasteiger partial charge is 0.317 e. The van der Waals surface area contributed by atoms with E-state index in [4.69, 9.17) is 5.11 Å². The van der Waals surface area contributed by atoms with Crippen molar-refractivity contribution in [1.29, 1.82) is 0 Å². The number of aliphatic carboxylic acids is 1. The van der Waals surface area contributed by atoms with E-state index in [1.165, 1.54) is 12.5 Å². The molecule has 58 valence electrons. The lowest BCUT2D eigenvalue weighted by atomic mass is 10.7. The van der Waals surface area contributed by atoms with E-state index in [-0.39, 0.29) is 6.54 Å². The van der Waals surface area contributed by atoms with Gasteiger partial charge in [-0.1, -0.05) is 13.2 Å². The third-order valence-electron chi connectivity index (χ3n) is 0.367. The van der Waals surface area contributed by atoms with Crippen LogP contribution in [0.3, 0.4) is 0 Å². The molecule has 0 aliphatic rings. The molecule has 0 atom stereocenters. The Labute approximate surface area is 59.6 Å². The molecular formula is C6H11NO3. The Balaban J connectivity index is 0. The topological polar surface area (TPSA) is 72.5 Å². The van der Waals surface area contributed by atoms with Gasteiger partial charge in [0.1, 0.15) is 0 Å². The van der Waals surface area contributed by atoms with Crippen LogP contribution in [0.15, 0.2) is 25.7 Å². The first-order chi connectivity index (χ1) is 4.68. The molecule has 0 aliphatic heterocycles. The van der Waals surface area contributed by atoms with Gasteiger partial charge in [0.15, 0.2) is 0 Å². The maximum Gasteiger partial charge on any atom is 0.317 e. The molecule has 0 aromatic heterocycles. The van der Waals surface area contributed by atoms with Gasteiger partial charge in [0.2, 0.25) is 0 Å². The molecular weight excluding hydrogens is 134 g/mol. The van der Waals surface area contributed by atoms with E-state index in [1.807, 2.05) is 0 Å². The second kappa shape index (κ2) is 10.6. The minimum absolute atomic E-state index is 0.278. The molecule has 0 saturated heterocycles. The maximum atomic E-state index is 9.24. The first-order valence-corrected chi connectivity index (χ1v) is 2.48. The van der Waals surface area contributed by atoms with E-state index >= 15 is 0 Å². The largest absolute Gasteiger partial charge is 0.480 e. The van der Waals surface area contributed by atoms with Crippen LogP contribution in [-0.4, -0.2) is 17.6 Å². The zero-order chi connectivity index (χ0) is 8.41. The quantitative estimate of drug-likeness (QED) is 0.561. The molecule has 10 heavy (non-hydrogen) atoms. The summed E-state index contributed by atoms with van der Waals surface area (Å²) in [5.41, 5.74) is 4.57. The highest BCUT2D eigenvalue weighted by Crippen LogP contribution is 1.65. The molecule has 0 bridgehead atoms. The Kier molecular flexibility index (Phi) is 12.2. The lowest BCUT2D eigenvalue weighted by Gasteiger charge is -1.76. The molecule has 0 amide bonds. The Morgan fingerprint density at radius 3 is 1.90 bits per heavy atom. The lowest BCUT2D eigenvalue weighted by Crippen LogP contribution is -2.10.